The molecule has 0 unspecified atom stereocenters. The number of unbranched alkanes of at least 4 members (excludes halogenated alkanes) is 1. The second-order valence-electron chi connectivity index (χ2n) is 5.88. The number of hydrogen-bond donors (Lipinski definition) is 1. The van der Waals surface area contributed by atoms with Gasteiger partial charge in [-0.3, -0.25) is 9.59 Å². The summed E-state index contributed by atoms with van der Waals surface area (Å²) in [5.41, 5.74) is 0.475. The third kappa shape index (κ3) is 6.74. The first-order chi connectivity index (χ1) is 13.1. The van der Waals surface area contributed by atoms with Gasteiger partial charge in [0.15, 0.2) is 5.82 Å². The van der Waals surface area contributed by atoms with Crippen molar-refractivity contribution >= 4 is 17.6 Å². The lowest BCUT2D eigenvalue weighted by atomic mass is 10.2. The Morgan fingerprint density at radius 3 is 2.59 bits per heavy atom. The molecule has 1 aromatic heterocycles. The fourth-order valence-corrected chi connectivity index (χ4v) is 2.30. The van der Waals surface area contributed by atoms with E-state index in [1.807, 2.05) is 0 Å². The lowest BCUT2D eigenvalue weighted by molar-refractivity contribution is -0.117. The highest BCUT2D eigenvalue weighted by Gasteiger charge is 2.19. The number of rotatable bonds is 11. The van der Waals surface area contributed by atoms with Crippen molar-refractivity contribution in [2.24, 2.45) is 0 Å². The summed E-state index contributed by atoms with van der Waals surface area (Å²) in [6, 6.07) is 8.42. The number of aromatic nitrogens is 1. The molecular formula is C19H25N3O5. The largest absolute Gasteiger partial charge is 0.494 e. The zero-order valence-electron chi connectivity index (χ0n) is 15.6. The van der Waals surface area contributed by atoms with Gasteiger partial charge in [-0.2, -0.15) is 0 Å². The fourth-order valence-electron chi connectivity index (χ4n) is 2.30. The van der Waals surface area contributed by atoms with Crippen molar-refractivity contribution in [3.05, 3.63) is 42.2 Å². The fraction of sp³-hybridized carbons (Fsp3) is 0.421. The van der Waals surface area contributed by atoms with Gasteiger partial charge in [-0.15, -0.1) is 0 Å². The van der Waals surface area contributed by atoms with Crippen LogP contribution in [0, 0.1) is 0 Å². The molecule has 8 nitrogen and oxygen atoms in total. The Morgan fingerprint density at radius 1 is 1.19 bits per heavy atom. The van der Waals surface area contributed by atoms with Gasteiger partial charge in [0.1, 0.15) is 18.6 Å². The van der Waals surface area contributed by atoms with Crippen LogP contribution in [0.5, 0.6) is 5.75 Å². The third-order valence-corrected chi connectivity index (χ3v) is 3.76. The maximum atomic E-state index is 12.8. The Bertz CT molecular complexity index is 701. The quantitative estimate of drug-likeness (QED) is 0.607. The van der Waals surface area contributed by atoms with Crippen LogP contribution in [0.2, 0.25) is 0 Å². The predicted molar refractivity (Wildman–Crippen MR) is 99.8 cm³/mol. The number of hydrogen-bond acceptors (Lipinski definition) is 6. The van der Waals surface area contributed by atoms with Gasteiger partial charge in [0.05, 0.1) is 13.2 Å². The molecule has 0 bridgehead atoms. The smallest absolute Gasteiger partial charge is 0.254 e. The van der Waals surface area contributed by atoms with Gasteiger partial charge in [0.25, 0.3) is 5.91 Å². The minimum Gasteiger partial charge on any atom is -0.494 e. The van der Waals surface area contributed by atoms with Crippen molar-refractivity contribution in [3.8, 4) is 5.75 Å². The number of methoxy groups -OCH3 is 1. The van der Waals surface area contributed by atoms with Crippen LogP contribution < -0.4 is 10.1 Å². The highest BCUT2D eigenvalue weighted by Crippen LogP contribution is 2.14. The lowest BCUT2D eigenvalue weighted by Gasteiger charge is -2.21. The maximum absolute atomic E-state index is 12.8. The molecule has 146 valence electrons. The number of carbonyl (C=O) groups excluding carboxylic acids is 2. The SMILES string of the molecule is CCCCOc1ccc(C(=O)N(CCOC)CC(=O)Nc2ccon2)cc1. The Labute approximate surface area is 158 Å². The first-order valence-electron chi connectivity index (χ1n) is 8.85. The van der Waals surface area contributed by atoms with Gasteiger partial charge in [0, 0.05) is 25.3 Å². The normalized spacial score (nSPS) is 10.4. The van der Waals surface area contributed by atoms with Crippen LogP contribution in [0.25, 0.3) is 0 Å². The number of benzene rings is 1. The summed E-state index contributed by atoms with van der Waals surface area (Å²) in [7, 11) is 1.54. The van der Waals surface area contributed by atoms with E-state index < -0.39 is 0 Å². The Kier molecular flexibility index (Phi) is 8.31. The number of nitrogens with zero attached hydrogens (tertiary/aromatic N) is 2. The van der Waals surface area contributed by atoms with Crippen molar-refractivity contribution in [1.82, 2.24) is 10.1 Å². The summed E-state index contributed by atoms with van der Waals surface area (Å²) in [6.45, 7) is 3.23. The van der Waals surface area contributed by atoms with Gasteiger partial charge in [-0.25, -0.2) is 0 Å². The molecule has 0 aliphatic heterocycles. The van der Waals surface area contributed by atoms with Crippen molar-refractivity contribution in [1.29, 1.82) is 0 Å². The second-order valence-corrected chi connectivity index (χ2v) is 5.88. The molecule has 0 spiro atoms. The molecular weight excluding hydrogens is 350 g/mol. The van der Waals surface area contributed by atoms with Crippen LogP contribution in [-0.4, -0.2) is 55.3 Å². The first-order valence-corrected chi connectivity index (χ1v) is 8.85. The average Bonchev–Trinajstić information content (AvgIpc) is 3.18. The zero-order valence-corrected chi connectivity index (χ0v) is 15.6. The molecule has 0 atom stereocenters. The minimum absolute atomic E-state index is 0.121. The Hall–Kier alpha value is -2.87. The first kappa shape index (κ1) is 20.4. The summed E-state index contributed by atoms with van der Waals surface area (Å²) in [5.74, 6) is 0.385. The Morgan fingerprint density at radius 2 is 1.96 bits per heavy atom. The number of nitrogens with one attached hydrogen (secondary N) is 1. The summed E-state index contributed by atoms with van der Waals surface area (Å²) in [4.78, 5) is 26.4. The van der Waals surface area contributed by atoms with Crippen LogP contribution in [0.3, 0.4) is 0 Å². The van der Waals surface area contributed by atoms with Crippen molar-refractivity contribution in [2.45, 2.75) is 19.8 Å². The van der Waals surface area contributed by atoms with Crippen LogP contribution in [0.15, 0.2) is 41.1 Å². The molecule has 1 aromatic carbocycles. The molecule has 2 amide bonds. The van der Waals surface area contributed by atoms with E-state index in [2.05, 4.69) is 21.9 Å². The van der Waals surface area contributed by atoms with E-state index in [0.717, 1.165) is 12.8 Å². The van der Waals surface area contributed by atoms with E-state index in [-0.39, 0.29) is 24.9 Å². The molecule has 0 radical (unpaired) electrons. The molecule has 2 aromatic rings. The van der Waals surface area contributed by atoms with E-state index in [1.165, 1.54) is 17.2 Å². The van der Waals surface area contributed by atoms with Crippen molar-refractivity contribution < 1.29 is 23.6 Å². The molecule has 0 aliphatic rings. The topological polar surface area (TPSA) is 93.9 Å². The molecule has 1 N–H and O–H groups in total. The molecule has 0 aliphatic carbocycles. The molecule has 0 saturated carbocycles. The highest BCUT2D eigenvalue weighted by molar-refractivity contribution is 5.99. The van der Waals surface area contributed by atoms with Crippen LogP contribution in [-0.2, 0) is 9.53 Å². The van der Waals surface area contributed by atoms with Gasteiger partial charge in [0.2, 0.25) is 5.91 Å². The maximum Gasteiger partial charge on any atom is 0.254 e. The van der Waals surface area contributed by atoms with Crippen molar-refractivity contribution in [3.63, 3.8) is 0 Å². The van der Waals surface area contributed by atoms with Gasteiger partial charge in [-0.1, -0.05) is 18.5 Å². The van der Waals surface area contributed by atoms with Crippen LogP contribution >= 0.6 is 0 Å². The monoisotopic (exact) mass is 375 g/mol. The summed E-state index contributed by atoms with van der Waals surface area (Å²) >= 11 is 0. The van der Waals surface area contributed by atoms with Crippen LogP contribution in [0.1, 0.15) is 30.1 Å². The van der Waals surface area contributed by atoms with E-state index in [4.69, 9.17) is 9.47 Å². The van der Waals surface area contributed by atoms with Gasteiger partial charge in [-0.05, 0) is 30.7 Å². The van der Waals surface area contributed by atoms with E-state index in [1.54, 1.807) is 31.4 Å². The molecule has 27 heavy (non-hydrogen) atoms. The molecule has 2 rings (SSSR count). The van der Waals surface area contributed by atoms with Gasteiger partial charge >= 0.3 is 0 Å². The summed E-state index contributed by atoms with van der Waals surface area (Å²) in [5, 5.41) is 6.19. The Balaban J connectivity index is 1.99. The third-order valence-electron chi connectivity index (χ3n) is 3.76. The standard InChI is InChI=1S/C19H25N3O5/c1-3-4-11-26-16-7-5-15(6-8-16)19(24)22(10-13-25-2)14-18(23)20-17-9-12-27-21-17/h5-9,12H,3-4,10-11,13-14H2,1-2H3,(H,20,21,23). The molecule has 8 heteroatoms. The van der Waals surface area contributed by atoms with Crippen LogP contribution in [0.4, 0.5) is 5.82 Å². The molecule has 0 saturated heterocycles. The second kappa shape index (κ2) is 11.0. The highest BCUT2D eigenvalue weighted by atomic mass is 16.5. The van der Waals surface area contributed by atoms with E-state index in [0.29, 0.717) is 30.3 Å². The minimum atomic E-state index is -0.368. The molecule has 0 fully saturated rings. The lowest BCUT2D eigenvalue weighted by Crippen LogP contribution is -2.40. The molecule has 1 heterocycles. The van der Waals surface area contributed by atoms with Gasteiger partial charge < -0.3 is 24.2 Å². The van der Waals surface area contributed by atoms with Crippen molar-refractivity contribution in [2.75, 3.05) is 38.7 Å². The number of carbonyl (C=O) groups is 2. The average molecular weight is 375 g/mol. The number of anilines is 1. The summed E-state index contributed by atoms with van der Waals surface area (Å²) in [6.07, 6.45) is 3.39. The number of ether oxygens (including phenoxy) is 2. The van der Waals surface area contributed by atoms with E-state index >= 15 is 0 Å². The summed E-state index contributed by atoms with van der Waals surface area (Å²) < 4.78 is 15.3. The zero-order chi connectivity index (χ0) is 19.5. The van der Waals surface area contributed by atoms with E-state index in [9.17, 15) is 9.59 Å². The predicted octanol–water partition coefficient (Wildman–Crippen LogP) is 2.58. The number of amides is 2.